The van der Waals surface area contributed by atoms with E-state index < -0.39 is 0 Å². The average molecular weight is 273 g/mol. The molecule has 14 heavy (non-hydrogen) atoms. The summed E-state index contributed by atoms with van der Waals surface area (Å²) in [7, 11) is 3.34. The third-order valence-electron chi connectivity index (χ3n) is 2.03. The molecule has 74 valence electrons. The summed E-state index contributed by atoms with van der Waals surface area (Å²) in [5.74, 6) is 1.74. The first-order valence-electron chi connectivity index (χ1n) is 4.05. The van der Waals surface area contributed by atoms with Crippen LogP contribution in [0.25, 0.3) is 10.1 Å². The second kappa shape index (κ2) is 3.79. The zero-order valence-corrected chi connectivity index (χ0v) is 10.2. The van der Waals surface area contributed by atoms with Gasteiger partial charge in [0.15, 0.2) is 0 Å². The van der Waals surface area contributed by atoms with Crippen molar-refractivity contribution in [3.8, 4) is 11.5 Å². The normalized spacial score (nSPS) is 10.5. The van der Waals surface area contributed by atoms with Gasteiger partial charge in [-0.05, 0) is 33.4 Å². The van der Waals surface area contributed by atoms with Gasteiger partial charge in [-0.3, -0.25) is 0 Å². The predicted molar refractivity (Wildman–Crippen MR) is 62.6 cm³/mol. The van der Waals surface area contributed by atoms with Crippen molar-refractivity contribution in [2.75, 3.05) is 14.2 Å². The molecule has 0 aliphatic rings. The highest BCUT2D eigenvalue weighted by Gasteiger charge is 2.12. The van der Waals surface area contributed by atoms with E-state index in [0.29, 0.717) is 0 Å². The summed E-state index contributed by atoms with van der Waals surface area (Å²) in [5.41, 5.74) is 0. The minimum Gasteiger partial charge on any atom is -0.495 e. The Morgan fingerprint density at radius 3 is 2.71 bits per heavy atom. The maximum atomic E-state index is 5.32. The van der Waals surface area contributed by atoms with Gasteiger partial charge in [0.25, 0.3) is 0 Å². The Morgan fingerprint density at radius 1 is 1.29 bits per heavy atom. The Hall–Kier alpha value is -0.740. The molecule has 0 saturated heterocycles. The van der Waals surface area contributed by atoms with Gasteiger partial charge in [-0.15, -0.1) is 11.3 Å². The van der Waals surface area contributed by atoms with Crippen molar-refractivity contribution in [2.24, 2.45) is 0 Å². The molecule has 0 radical (unpaired) electrons. The van der Waals surface area contributed by atoms with Crippen molar-refractivity contribution < 1.29 is 9.47 Å². The quantitative estimate of drug-likeness (QED) is 0.831. The largest absolute Gasteiger partial charge is 0.495 e. The molecule has 0 saturated carbocycles. The van der Waals surface area contributed by atoms with Gasteiger partial charge in [0.2, 0.25) is 0 Å². The van der Waals surface area contributed by atoms with Crippen molar-refractivity contribution in [1.82, 2.24) is 0 Å². The van der Waals surface area contributed by atoms with Crippen LogP contribution in [0.1, 0.15) is 0 Å². The standard InChI is InChI=1S/C10H9BrO2S/c1-12-8-5-7(11)9(13-2)6-3-4-14-10(6)8/h3-5H,1-2H3. The van der Waals surface area contributed by atoms with E-state index in [2.05, 4.69) is 15.9 Å². The van der Waals surface area contributed by atoms with Crippen LogP contribution in [0.2, 0.25) is 0 Å². The minimum atomic E-state index is 0.863. The number of halogens is 1. The summed E-state index contributed by atoms with van der Waals surface area (Å²) in [6, 6.07) is 3.96. The first-order chi connectivity index (χ1) is 6.77. The van der Waals surface area contributed by atoms with E-state index in [0.717, 1.165) is 26.1 Å². The van der Waals surface area contributed by atoms with E-state index in [9.17, 15) is 0 Å². The lowest BCUT2D eigenvalue weighted by atomic mass is 10.2. The van der Waals surface area contributed by atoms with E-state index in [-0.39, 0.29) is 0 Å². The van der Waals surface area contributed by atoms with Gasteiger partial charge in [-0.25, -0.2) is 0 Å². The fraction of sp³-hybridized carbons (Fsp3) is 0.200. The average Bonchev–Trinajstić information content (AvgIpc) is 2.65. The zero-order chi connectivity index (χ0) is 10.1. The molecule has 2 nitrogen and oxygen atoms in total. The second-order valence-electron chi connectivity index (χ2n) is 2.76. The van der Waals surface area contributed by atoms with Gasteiger partial charge in [0, 0.05) is 5.39 Å². The number of rotatable bonds is 2. The molecule has 0 spiro atoms. The molecule has 2 rings (SSSR count). The van der Waals surface area contributed by atoms with Crippen LogP contribution in [0.5, 0.6) is 11.5 Å². The van der Waals surface area contributed by atoms with E-state index in [1.165, 1.54) is 0 Å². The molecule has 0 N–H and O–H groups in total. The molecule has 0 bridgehead atoms. The molecule has 0 aliphatic heterocycles. The third-order valence-corrected chi connectivity index (χ3v) is 3.55. The highest BCUT2D eigenvalue weighted by Crippen LogP contribution is 2.42. The smallest absolute Gasteiger partial charge is 0.141 e. The number of thiophene rings is 1. The van der Waals surface area contributed by atoms with Gasteiger partial charge in [-0.2, -0.15) is 0 Å². The number of hydrogen-bond acceptors (Lipinski definition) is 3. The maximum absolute atomic E-state index is 5.32. The van der Waals surface area contributed by atoms with Gasteiger partial charge in [0.1, 0.15) is 11.5 Å². The number of methoxy groups -OCH3 is 2. The third kappa shape index (κ3) is 1.38. The number of benzene rings is 1. The van der Waals surface area contributed by atoms with Gasteiger partial charge >= 0.3 is 0 Å². The van der Waals surface area contributed by atoms with Crippen LogP contribution in [0, 0.1) is 0 Å². The van der Waals surface area contributed by atoms with Crippen LogP contribution in [-0.2, 0) is 0 Å². The van der Waals surface area contributed by atoms with Crippen LogP contribution in [0.3, 0.4) is 0 Å². The Bertz CT molecular complexity index is 464. The fourth-order valence-electron chi connectivity index (χ4n) is 1.41. The van der Waals surface area contributed by atoms with Crippen molar-refractivity contribution in [1.29, 1.82) is 0 Å². The maximum Gasteiger partial charge on any atom is 0.141 e. The van der Waals surface area contributed by atoms with Gasteiger partial charge < -0.3 is 9.47 Å². The minimum absolute atomic E-state index is 0.863. The van der Waals surface area contributed by atoms with Crippen molar-refractivity contribution in [3.05, 3.63) is 22.0 Å². The fourth-order valence-corrected chi connectivity index (χ4v) is 2.88. The van der Waals surface area contributed by atoms with Gasteiger partial charge in [-0.1, -0.05) is 0 Å². The lowest BCUT2D eigenvalue weighted by Crippen LogP contribution is -1.88. The van der Waals surface area contributed by atoms with Crippen molar-refractivity contribution in [3.63, 3.8) is 0 Å². The molecule has 1 aromatic heterocycles. The molecule has 0 aliphatic carbocycles. The lowest BCUT2D eigenvalue weighted by Gasteiger charge is -2.08. The zero-order valence-electron chi connectivity index (χ0n) is 7.83. The van der Waals surface area contributed by atoms with E-state index >= 15 is 0 Å². The molecule has 2 aromatic rings. The topological polar surface area (TPSA) is 18.5 Å². The summed E-state index contributed by atoms with van der Waals surface area (Å²) < 4.78 is 12.6. The molecule has 0 fully saturated rings. The molecular formula is C10H9BrO2S. The molecule has 4 heteroatoms. The Kier molecular flexibility index (Phi) is 2.65. The predicted octanol–water partition coefficient (Wildman–Crippen LogP) is 3.68. The molecule has 1 aromatic carbocycles. The monoisotopic (exact) mass is 272 g/mol. The number of fused-ring (bicyclic) bond motifs is 1. The van der Waals surface area contributed by atoms with Crippen molar-refractivity contribution in [2.45, 2.75) is 0 Å². The van der Waals surface area contributed by atoms with Crippen molar-refractivity contribution >= 4 is 37.4 Å². The van der Waals surface area contributed by atoms with Crippen LogP contribution in [-0.4, -0.2) is 14.2 Å². The summed E-state index contributed by atoms with van der Waals surface area (Å²) in [6.07, 6.45) is 0. The molecule has 0 amide bonds. The lowest BCUT2D eigenvalue weighted by molar-refractivity contribution is 0.409. The first-order valence-corrected chi connectivity index (χ1v) is 5.73. The van der Waals surface area contributed by atoms with E-state index in [1.54, 1.807) is 25.6 Å². The Morgan fingerprint density at radius 2 is 2.07 bits per heavy atom. The Balaban J connectivity index is 2.81. The summed E-state index contributed by atoms with van der Waals surface area (Å²) in [4.78, 5) is 0. The van der Waals surface area contributed by atoms with Crippen LogP contribution in [0.4, 0.5) is 0 Å². The van der Waals surface area contributed by atoms with Crippen LogP contribution >= 0.6 is 27.3 Å². The van der Waals surface area contributed by atoms with Crippen LogP contribution < -0.4 is 9.47 Å². The number of hydrogen-bond donors (Lipinski definition) is 0. The second-order valence-corrected chi connectivity index (χ2v) is 4.53. The SMILES string of the molecule is COc1c(Br)cc(OC)c2sccc12. The summed E-state index contributed by atoms with van der Waals surface area (Å²) >= 11 is 5.10. The summed E-state index contributed by atoms with van der Waals surface area (Å²) in [5, 5.41) is 3.12. The number of ether oxygens (including phenoxy) is 2. The molecular weight excluding hydrogens is 264 g/mol. The highest BCUT2D eigenvalue weighted by atomic mass is 79.9. The summed E-state index contributed by atoms with van der Waals surface area (Å²) in [6.45, 7) is 0. The Labute approximate surface area is 94.6 Å². The highest BCUT2D eigenvalue weighted by molar-refractivity contribution is 9.10. The molecule has 1 heterocycles. The first kappa shape index (κ1) is 9.80. The molecule has 0 unspecified atom stereocenters. The van der Waals surface area contributed by atoms with E-state index in [1.807, 2.05) is 17.5 Å². The van der Waals surface area contributed by atoms with Crippen LogP contribution in [0.15, 0.2) is 22.0 Å². The molecule has 0 atom stereocenters. The van der Waals surface area contributed by atoms with E-state index in [4.69, 9.17) is 9.47 Å². The van der Waals surface area contributed by atoms with Gasteiger partial charge in [0.05, 0.1) is 23.4 Å².